The third-order valence-electron chi connectivity index (χ3n) is 4.67. The van der Waals surface area contributed by atoms with E-state index in [9.17, 15) is 22.4 Å². The van der Waals surface area contributed by atoms with Crippen molar-refractivity contribution in [3.05, 3.63) is 76.6 Å². The monoisotopic (exact) mass is 479 g/mol. The molecule has 0 saturated heterocycles. The van der Waals surface area contributed by atoms with Crippen LogP contribution in [-0.4, -0.2) is 32.6 Å². The molecule has 7 nitrogen and oxygen atoms in total. The molecule has 0 aliphatic carbocycles. The minimum Gasteiger partial charge on any atom is -0.465 e. The Hall–Kier alpha value is -3.73. The molecule has 33 heavy (non-hydrogen) atoms. The molecule has 0 atom stereocenters. The summed E-state index contributed by atoms with van der Waals surface area (Å²) < 4.78 is 60.3. The molecule has 0 fully saturated rings. The summed E-state index contributed by atoms with van der Waals surface area (Å²) in [6.07, 6.45) is -2.45. The predicted molar refractivity (Wildman–Crippen MR) is 112 cm³/mol. The third-order valence-corrected chi connectivity index (χ3v) is 4.91. The average Bonchev–Trinajstić information content (AvgIpc) is 3.18. The minimum atomic E-state index is -4.80. The Morgan fingerprint density at radius 3 is 2.58 bits per heavy atom. The van der Waals surface area contributed by atoms with Gasteiger partial charge in [0.1, 0.15) is 11.6 Å². The fourth-order valence-corrected chi connectivity index (χ4v) is 3.28. The summed E-state index contributed by atoms with van der Waals surface area (Å²) in [6.45, 7) is 0.0646. The number of halogens is 5. The van der Waals surface area contributed by atoms with Crippen molar-refractivity contribution in [2.24, 2.45) is 0 Å². The first kappa shape index (κ1) is 22.5. The van der Waals surface area contributed by atoms with Crippen molar-refractivity contribution in [1.29, 1.82) is 0 Å². The number of rotatable bonds is 5. The molecule has 4 rings (SSSR count). The quantitative estimate of drug-likeness (QED) is 0.319. The highest BCUT2D eigenvalue weighted by molar-refractivity contribution is 6.30. The lowest BCUT2D eigenvalue weighted by Gasteiger charge is -2.11. The highest BCUT2D eigenvalue weighted by Crippen LogP contribution is 2.33. The van der Waals surface area contributed by atoms with Gasteiger partial charge in [-0.1, -0.05) is 17.7 Å². The molecular weight excluding hydrogens is 466 g/mol. The minimum absolute atomic E-state index is 0.0587. The fourth-order valence-electron chi connectivity index (χ4n) is 3.13. The number of hydrogen-bond donors (Lipinski definition) is 1. The number of imidazole rings is 1. The van der Waals surface area contributed by atoms with Crippen LogP contribution in [0.4, 0.5) is 23.4 Å². The van der Waals surface area contributed by atoms with E-state index < -0.39 is 23.8 Å². The number of anilines is 1. The van der Waals surface area contributed by atoms with E-state index in [2.05, 4.69) is 25.0 Å². The normalized spacial score (nSPS) is 11.6. The van der Waals surface area contributed by atoms with Gasteiger partial charge in [-0.25, -0.2) is 24.1 Å². The van der Waals surface area contributed by atoms with Crippen molar-refractivity contribution in [2.75, 3.05) is 12.4 Å². The van der Waals surface area contributed by atoms with Gasteiger partial charge in [0, 0.05) is 17.1 Å². The van der Waals surface area contributed by atoms with Crippen LogP contribution in [0.25, 0.3) is 16.9 Å². The second-order valence-electron chi connectivity index (χ2n) is 6.81. The number of benzene rings is 2. The van der Waals surface area contributed by atoms with Crippen LogP contribution in [0.1, 0.15) is 21.7 Å². The summed E-state index contributed by atoms with van der Waals surface area (Å²) >= 11 is 5.72. The number of carbonyl (C=O) groups excluding carboxylic acids is 1. The van der Waals surface area contributed by atoms with Crippen LogP contribution >= 0.6 is 11.6 Å². The maximum absolute atomic E-state index is 13.9. The van der Waals surface area contributed by atoms with Gasteiger partial charge in [-0.3, -0.25) is 4.57 Å². The third kappa shape index (κ3) is 4.58. The van der Waals surface area contributed by atoms with E-state index in [1.165, 1.54) is 49.7 Å². The summed E-state index contributed by atoms with van der Waals surface area (Å²) in [5.74, 6) is -2.35. The molecule has 0 bridgehead atoms. The van der Waals surface area contributed by atoms with Gasteiger partial charge in [0.25, 0.3) is 0 Å². The van der Waals surface area contributed by atoms with Gasteiger partial charge < -0.3 is 10.1 Å². The van der Waals surface area contributed by atoms with Crippen LogP contribution in [0.5, 0.6) is 0 Å². The van der Waals surface area contributed by atoms with Crippen LogP contribution in [0, 0.1) is 5.82 Å². The van der Waals surface area contributed by atoms with Gasteiger partial charge in [0.2, 0.25) is 5.82 Å². The second kappa shape index (κ2) is 8.66. The van der Waals surface area contributed by atoms with E-state index in [1.807, 2.05) is 0 Å². The van der Waals surface area contributed by atoms with E-state index in [1.54, 1.807) is 0 Å². The Balaban J connectivity index is 1.67. The second-order valence-corrected chi connectivity index (χ2v) is 7.25. The molecule has 0 aliphatic heterocycles. The Labute approximate surface area is 189 Å². The molecular formula is C21H14ClF4N5O2. The maximum Gasteiger partial charge on any atom is 0.450 e. The van der Waals surface area contributed by atoms with E-state index in [4.69, 9.17) is 11.6 Å². The molecule has 0 radical (unpaired) electrons. The average molecular weight is 480 g/mol. The molecule has 0 amide bonds. The molecule has 0 aliphatic rings. The SMILES string of the molecule is COC(=O)c1ccc2c(c1)nc(C(F)(F)F)n2-c1cnc(NCc2ccc(Cl)cc2F)cn1. The zero-order valence-electron chi connectivity index (χ0n) is 16.8. The molecule has 4 aromatic rings. The van der Waals surface area contributed by atoms with Crippen molar-refractivity contribution >= 4 is 34.4 Å². The van der Waals surface area contributed by atoms with E-state index in [-0.39, 0.29) is 39.8 Å². The van der Waals surface area contributed by atoms with Crippen LogP contribution in [0.15, 0.2) is 48.8 Å². The molecule has 2 aromatic carbocycles. The maximum atomic E-state index is 13.9. The Kier molecular flexibility index (Phi) is 5.90. The number of methoxy groups -OCH3 is 1. The van der Waals surface area contributed by atoms with Gasteiger partial charge in [-0.2, -0.15) is 13.2 Å². The molecule has 1 N–H and O–H groups in total. The molecule has 170 valence electrons. The summed E-state index contributed by atoms with van der Waals surface area (Å²) in [6, 6.07) is 8.06. The summed E-state index contributed by atoms with van der Waals surface area (Å²) in [7, 11) is 1.17. The lowest BCUT2D eigenvalue weighted by atomic mass is 10.2. The zero-order valence-corrected chi connectivity index (χ0v) is 17.6. The number of nitrogens with one attached hydrogen (secondary N) is 1. The number of fused-ring (bicyclic) bond motifs is 1. The highest BCUT2D eigenvalue weighted by atomic mass is 35.5. The number of aromatic nitrogens is 4. The summed E-state index contributed by atoms with van der Waals surface area (Å²) in [4.78, 5) is 23.5. The first-order chi connectivity index (χ1) is 15.7. The highest BCUT2D eigenvalue weighted by Gasteiger charge is 2.38. The Bertz CT molecular complexity index is 1340. The van der Waals surface area contributed by atoms with Gasteiger partial charge in [-0.15, -0.1) is 0 Å². The lowest BCUT2D eigenvalue weighted by molar-refractivity contribution is -0.145. The van der Waals surface area contributed by atoms with Gasteiger partial charge >= 0.3 is 12.1 Å². The first-order valence-electron chi connectivity index (χ1n) is 9.35. The molecule has 0 saturated carbocycles. The zero-order chi connectivity index (χ0) is 23.8. The predicted octanol–water partition coefficient (Wildman–Crippen LogP) is 5.03. The Morgan fingerprint density at radius 2 is 1.94 bits per heavy atom. The largest absolute Gasteiger partial charge is 0.465 e. The number of hydrogen-bond acceptors (Lipinski definition) is 6. The molecule has 2 aromatic heterocycles. The van der Waals surface area contributed by atoms with Crippen molar-refractivity contribution in [3.63, 3.8) is 0 Å². The molecule has 0 unspecified atom stereocenters. The smallest absolute Gasteiger partial charge is 0.450 e. The number of alkyl halides is 3. The molecule has 12 heteroatoms. The van der Waals surface area contributed by atoms with Crippen LogP contribution < -0.4 is 5.32 Å². The number of ether oxygens (including phenoxy) is 1. The van der Waals surface area contributed by atoms with Crippen LogP contribution in [0.3, 0.4) is 0 Å². The first-order valence-corrected chi connectivity index (χ1v) is 9.73. The standard InChI is InChI=1S/C21H14ClF4N5O2/c1-33-19(32)11-3-5-16-15(6-11)30-20(21(24,25)26)31(16)18-10-28-17(9-29-18)27-8-12-2-4-13(22)7-14(12)23/h2-7,9-10H,8H2,1H3,(H,27,28). The fraction of sp³-hybridized carbons (Fsp3) is 0.143. The Morgan fingerprint density at radius 1 is 1.15 bits per heavy atom. The number of nitrogens with zero attached hydrogens (tertiary/aromatic N) is 4. The summed E-state index contributed by atoms with van der Waals surface area (Å²) in [5.41, 5.74) is 0.399. The number of esters is 1. The van der Waals surface area contributed by atoms with Crippen LogP contribution in [-0.2, 0) is 17.5 Å². The lowest BCUT2D eigenvalue weighted by Crippen LogP contribution is -2.15. The van der Waals surface area contributed by atoms with Crippen molar-refractivity contribution in [2.45, 2.75) is 12.7 Å². The summed E-state index contributed by atoms with van der Waals surface area (Å²) in [5, 5.41) is 3.10. The van der Waals surface area contributed by atoms with Crippen molar-refractivity contribution in [1.82, 2.24) is 19.5 Å². The molecule has 0 spiro atoms. The van der Waals surface area contributed by atoms with Gasteiger partial charge in [0.05, 0.1) is 36.1 Å². The molecule has 2 heterocycles. The van der Waals surface area contributed by atoms with Gasteiger partial charge in [-0.05, 0) is 30.3 Å². The number of carbonyl (C=O) groups is 1. The topological polar surface area (TPSA) is 81.9 Å². The van der Waals surface area contributed by atoms with E-state index in [0.29, 0.717) is 5.56 Å². The van der Waals surface area contributed by atoms with E-state index >= 15 is 0 Å². The van der Waals surface area contributed by atoms with Crippen molar-refractivity contribution in [3.8, 4) is 5.82 Å². The van der Waals surface area contributed by atoms with Crippen LogP contribution in [0.2, 0.25) is 5.02 Å². The van der Waals surface area contributed by atoms with Crippen molar-refractivity contribution < 1.29 is 27.1 Å². The van der Waals surface area contributed by atoms with E-state index in [0.717, 1.165) is 10.8 Å². The van der Waals surface area contributed by atoms with Gasteiger partial charge in [0.15, 0.2) is 5.82 Å².